The fourth-order valence-electron chi connectivity index (χ4n) is 3.42. The van der Waals surface area contributed by atoms with Crippen LogP contribution in [0.5, 0.6) is 0 Å². The van der Waals surface area contributed by atoms with Crippen LogP contribution >= 0.6 is 11.3 Å². The Morgan fingerprint density at radius 2 is 1.55 bits per heavy atom. The quantitative estimate of drug-likeness (QED) is 0.183. The third-order valence-electron chi connectivity index (χ3n) is 5.01. The van der Waals surface area contributed by atoms with Crippen molar-refractivity contribution in [3.8, 4) is 0 Å². The van der Waals surface area contributed by atoms with Crippen molar-refractivity contribution in [3.63, 3.8) is 0 Å². The van der Waals surface area contributed by atoms with Gasteiger partial charge >= 0.3 is 0 Å². The Morgan fingerprint density at radius 1 is 0.897 bits per heavy atom. The average molecular weight is 409 g/mol. The number of thiophene rings is 1. The molecule has 0 saturated carbocycles. The van der Waals surface area contributed by atoms with Gasteiger partial charge in [-0.2, -0.15) is 0 Å². The summed E-state index contributed by atoms with van der Waals surface area (Å²) in [6.45, 7) is 2.25. The van der Waals surface area contributed by atoms with Crippen molar-refractivity contribution < 1.29 is 4.92 Å². The Balaban J connectivity index is 1.75. The van der Waals surface area contributed by atoms with Gasteiger partial charge in [0, 0.05) is 23.5 Å². The Labute approximate surface area is 177 Å². The maximum absolute atomic E-state index is 11.0. The normalized spacial score (nSPS) is 10.8. The SMILES string of the molecule is CCCCCCCCc1csc(N(c2ccccc2)c2ccc([N+](=O)[O-])cc2)c1. The summed E-state index contributed by atoms with van der Waals surface area (Å²) in [5, 5.41) is 14.4. The van der Waals surface area contributed by atoms with Crippen LogP contribution in [-0.2, 0) is 6.42 Å². The number of nitro benzene ring substituents is 1. The number of nitrogens with zero attached hydrogens (tertiary/aromatic N) is 2. The first-order chi connectivity index (χ1) is 14.2. The Hall–Kier alpha value is -2.66. The fourth-order valence-corrected chi connectivity index (χ4v) is 4.42. The van der Waals surface area contributed by atoms with Gasteiger partial charge in [-0.3, -0.25) is 10.1 Å². The standard InChI is InChI=1S/C24H28N2O2S/c1-2-3-4-5-6-8-11-20-18-24(29-19-20)25(21-12-9-7-10-13-21)22-14-16-23(17-15-22)26(27)28/h7,9-10,12-19H,2-6,8,11H2,1H3. The number of anilines is 3. The molecule has 0 amide bonds. The van der Waals surface area contributed by atoms with Crippen molar-refractivity contribution in [2.24, 2.45) is 0 Å². The van der Waals surface area contributed by atoms with Crippen molar-refractivity contribution >= 4 is 33.4 Å². The van der Waals surface area contributed by atoms with E-state index in [0.717, 1.165) is 22.8 Å². The van der Waals surface area contributed by atoms with Crippen LogP contribution in [0.15, 0.2) is 66.0 Å². The monoisotopic (exact) mass is 408 g/mol. The van der Waals surface area contributed by atoms with Crippen LogP contribution in [0.2, 0.25) is 0 Å². The summed E-state index contributed by atoms with van der Waals surface area (Å²) in [5.74, 6) is 0. The summed E-state index contributed by atoms with van der Waals surface area (Å²) < 4.78 is 0. The molecule has 3 aromatic rings. The molecular formula is C24H28N2O2S. The molecule has 5 heteroatoms. The lowest BCUT2D eigenvalue weighted by Crippen LogP contribution is -2.08. The highest BCUT2D eigenvalue weighted by Gasteiger charge is 2.15. The van der Waals surface area contributed by atoms with E-state index in [1.807, 2.05) is 30.3 Å². The molecule has 29 heavy (non-hydrogen) atoms. The topological polar surface area (TPSA) is 46.4 Å². The highest BCUT2D eigenvalue weighted by Crippen LogP contribution is 2.39. The van der Waals surface area contributed by atoms with E-state index < -0.39 is 0 Å². The maximum Gasteiger partial charge on any atom is 0.269 e. The maximum atomic E-state index is 11.0. The summed E-state index contributed by atoms with van der Waals surface area (Å²) >= 11 is 1.72. The average Bonchev–Trinajstić information content (AvgIpc) is 3.20. The molecule has 0 fully saturated rings. The zero-order chi connectivity index (χ0) is 20.5. The highest BCUT2D eigenvalue weighted by atomic mass is 32.1. The molecule has 2 aromatic carbocycles. The van der Waals surface area contributed by atoms with Gasteiger partial charge in [-0.15, -0.1) is 11.3 Å². The summed E-state index contributed by atoms with van der Waals surface area (Å²) in [6.07, 6.45) is 8.90. The van der Waals surface area contributed by atoms with E-state index in [4.69, 9.17) is 0 Å². The summed E-state index contributed by atoms with van der Waals surface area (Å²) in [4.78, 5) is 12.8. The molecule has 1 aromatic heterocycles. The predicted octanol–water partition coefficient (Wildman–Crippen LogP) is 8.03. The van der Waals surface area contributed by atoms with Crippen molar-refractivity contribution in [1.82, 2.24) is 0 Å². The Bertz CT molecular complexity index is 891. The van der Waals surface area contributed by atoms with Gasteiger partial charge in [0.15, 0.2) is 0 Å². The van der Waals surface area contributed by atoms with Gasteiger partial charge in [0.2, 0.25) is 0 Å². The third-order valence-corrected chi connectivity index (χ3v) is 5.97. The smallest absolute Gasteiger partial charge is 0.269 e. The lowest BCUT2D eigenvalue weighted by Gasteiger charge is -2.23. The molecule has 4 nitrogen and oxygen atoms in total. The molecule has 0 saturated heterocycles. The first-order valence-corrected chi connectivity index (χ1v) is 11.2. The molecule has 0 aliphatic heterocycles. The first-order valence-electron chi connectivity index (χ1n) is 10.4. The van der Waals surface area contributed by atoms with Gasteiger partial charge in [-0.25, -0.2) is 0 Å². The number of nitro groups is 1. The van der Waals surface area contributed by atoms with Gasteiger partial charge in [0.25, 0.3) is 5.69 Å². The second-order valence-electron chi connectivity index (χ2n) is 7.26. The van der Waals surface area contributed by atoms with Crippen LogP contribution in [-0.4, -0.2) is 4.92 Å². The van der Waals surface area contributed by atoms with E-state index in [2.05, 4.69) is 35.4 Å². The Morgan fingerprint density at radius 3 is 2.24 bits per heavy atom. The zero-order valence-corrected chi connectivity index (χ0v) is 17.7. The lowest BCUT2D eigenvalue weighted by molar-refractivity contribution is -0.384. The fraction of sp³-hybridized carbons (Fsp3) is 0.333. The Kier molecular flexibility index (Phi) is 7.82. The van der Waals surface area contributed by atoms with Gasteiger partial charge < -0.3 is 4.90 Å². The van der Waals surface area contributed by atoms with E-state index in [9.17, 15) is 10.1 Å². The summed E-state index contributed by atoms with van der Waals surface area (Å²) in [7, 11) is 0. The number of benzene rings is 2. The molecular weight excluding hydrogens is 380 g/mol. The second-order valence-corrected chi connectivity index (χ2v) is 8.15. The molecule has 0 aliphatic carbocycles. The lowest BCUT2D eigenvalue weighted by atomic mass is 10.1. The van der Waals surface area contributed by atoms with E-state index in [1.165, 1.54) is 44.1 Å². The number of rotatable bonds is 11. The number of aryl methyl sites for hydroxylation is 1. The van der Waals surface area contributed by atoms with Crippen LogP contribution in [0.4, 0.5) is 22.1 Å². The summed E-state index contributed by atoms with van der Waals surface area (Å²) in [6, 6.07) is 19.2. The minimum Gasteiger partial charge on any atom is -0.302 e. The number of unbranched alkanes of at least 4 members (excludes halogenated alkanes) is 5. The molecule has 1 heterocycles. The molecule has 0 spiro atoms. The van der Waals surface area contributed by atoms with Crippen LogP contribution in [0, 0.1) is 10.1 Å². The third kappa shape index (κ3) is 5.91. The largest absolute Gasteiger partial charge is 0.302 e. The molecule has 0 atom stereocenters. The zero-order valence-electron chi connectivity index (χ0n) is 16.9. The molecule has 0 aliphatic rings. The van der Waals surface area contributed by atoms with Gasteiger partial charge in [-0.05, 0) is 54.1 Å². The number of non-ortho nitro benzene ring substituents is 1. The van der Waals surface area contributed by atoms with Crippen molar-refractivity contribution in [2.45, 2.75) is 51.9 Å². The predicted molar refractivity (Wildman–Crippen MR) is 123 cm³/mol. The van der Waals surface area contributed by atoms with Crippen molar-refractivity contribution in [2.75, 3.05) is 4.90 Å². The van der Waals surface area contributed by atoms with Crippen molar-refractivity contribution in [1.29, 1.82) is 0 Å². The van der Waals surface area contributed by atoms with E-state index >= 15 is 0 Å². The molecule has 152 valence electrons. The van der Waals surface area contributed by atoms with Crippen LogP contribution in [0.3, 0.4) is 0 Å². The molecule has 0 unspecified atom stereocenters. The number of para-hydroxylation sites is 1. The van der Waals surface area contributed by atoms with Crippen LogP contribution in [0.1, 0.15) is 51.0 Å². The number of hydrogen-bond donors (Lipinski definition) is 0. The van der Waals surface area contributed by atoms with Gasteiger partial charge in [-0.1, -0.05) is 57.2 Å². The molecule has 0 bridgehead atoms. The van der Waals surface area contributed by atoms with E-state index in [1.54, 1.807) is 23.5 Å². The van der Waals surface area contributed by atoms with Gasteiger partial charge in [0.05, 0.1) is 4.92 Å². The first kappa shape index (κ1) is 21.1. The van der Waals surface area contributed by atoms with Crippen molar-refractivity contribution in [3.05, 3.63) is 81.7 Å². The minimum atomic E-state index is -0.361. The van der Waals surface area contributed by atoms with Crippen LogP contribution < -0.4 is 4.90 Å². The molecule has 3 rings (SSSR count). The summed E-state index contributed by atoms with van der Waals surface area (Å²) in [5.41, 5.74) is 3.45. The minimum absolute atomic E-state index is 0.108. The molecule has 0 radical (unpaired) electrons. The second kappa shape index (κ2) is 10.8. The highest BCUT2D eigenvalue weighted by molar-refractivity contribution is 7.14. The number of hydrogen-bond acceptors (Lipinski definition) is 4. The molecule has 0 N–H and O–H groups in total. The van der Waals surface area contributed by atoms with Crippen LogP contribution in [0.25, 0.3) is 0 Å². The van der Waals surface area contributed by atoms with E-state index in [-0.39, 0.29) is 10.6 Å². The van der Waals surface area contributed by atoms with E-state index in [0.29, 0.717) is 0 Å². The van der Waals surface area contributed by atoms with Gasteiger partial charge in [0.1, 0.15) is 5.00 Å².